The molecule has 6 rings (SSSR count). The van der Waals surface area contributed by atoms with Crippen LogP contribution in [0.4, 0.5) is 13.2 Å². The monoisotopic (exact) mass is 527 g/mol. The standard InChI is InChI=1S/C30H36F3N3O2/c31-30(32,33)27(37)36-18-11-21-6-5-7-22-23(9-10-24(36)26(21)22)34-17-14-28(25-8-1-4-16-35-25)15-19-38-29(20-28)12-2-3-13-29/h1,4-8,16,23-24,34H,2-3,9-15,17-20H2/t23?,24?,28-/m1/s1. The first-order valence-electron chi connectivity index (χ1n) is 14.1. The topological polar surface area (TPSA) is 54.5 Å². The lowest BCUT2D eigenvalue weighted by Crippen LogP contribution is -2.49. The lowest BCUT2D eigenvalue weighted by molar-refractivity contribution is -0.188. The van der Waals surface area contributed by atoms with Gasteiger partial charge < -0.3 is 15.0 Å². The van der Waals surface area contributed by atoms with Gasteiger partial charge in [0.25, 0.3) is 0 Å². The number of carbonyl (C=O) groups is 1. The van der Waals surface area contributed by atoms with Crippen LogP contribution in [0.5, 0.6) is 0 Å². The Morgan fingerprint density at radius 2 is 1.95 bits per heavy atom. The molecule has 2 fully saturated rings. The van der Waals surface area contributed by atoms with E-state index >= 15 is 0 Å². The van der Waals surface area contributed by atoms with Crippen LogP contribution in [0.15, 0.2) is 42.6 Å². The minimum absolute atomic E-state index is 0.0409. The summed E-state index contributed by atoms with van der Waals surface area (Å²) in [5.74, 6) is -1.72. The van der Waals surface area contributed by atoms with Gasteiger partial charge in [0.05, 0.1) is 11.6 Å². The Labute approximate surface area is 222 Å². The van der Waals surface area contributed by atoms with Gasteiger partial charge in [0.1, 0.15) is 0 Å². The predicted molar refractivity (Wildman–Crippen MR) is 138 cm³/mol. The van der Waals surface area contributed by atoms with Crippen molar-refractivity contribution in [2.75, 3.05) is 19.7 Å². The van der Waals surface area contributed by atoms with E-state index in [-0.39, 0.29) is 23.6 Å². The van der Waals surface area contributed by atoms with Gasteiger partial charge >= 0.3 is 12.1 Å². The highest BCUT2D eigenvalue weighted by atomic mass is 19.4. The van der Waals surface area contributed by atoms with Crippen LogP contribution in [-0.2, 0) is 21.4 Å². The molecule has 1 saturated carbocycles. The maximum absolute atomic E-state index is 13.3. The summed E-state index contributed by atoms with van der Waals surface area (Å²) in [6.07, 6.45) is 6.24. The van der Waals surface area contributed by atoms with E-state index in [1.54, 1.807) is 0 Å². The summed E-state index contributed by atoms with van der Waals surface area (Å²) in [5, 5.41) is 3.77. The molecule has 1 aromatic carbocycles. The Kier molecular flexibility index (Phi) is 6.75. The number of hydrogen-bond acceptors (Lipinski definition) is 4. The van der Waals surface area contributed by atoms with Crippen LogP contribution < -0.4 is 5.32 Å². The Morgan fingerprint density at radius 1 is 1.11 bits per heavy atom. The summed E-state index contributed by atoms with van der Waals surface area (Å²) in [6, 6.07) is 11.8. The summed E-state index contributed by atoms with van der Waals surface area (Å²) in [6.45, 7) is 1.65. The molecule has 0 radical (unpaired) electrons. The van der Waals surface area contributed by atoms with E-state index in [0.717, 1.165) is 72.5 Å². The minimum atomic E-state index is -4.85. The fourth-order valence-corrected chi connectivity index (χ4v) is 7.79. The number of hydrogen-bond donors (Lipinski definition) is 1. The average Bonchev–Trinajstić information content (AvgIpc) is 3.36. The number of alkyl halides is 3. The molecule has 1 saturated heterocycles. The number of rotatable bonds is 5. The van der Waals surface area contributed by atoms with Crippen LogP contribution in [0.3, 0.4) is 0 Å². The molecule has 3 atom stereocenters. The second-order valence-corrected chi connectivity index (χ2v) is 11.7. The van der Waals surface area contributed by atoms with Crippen molar-refractivity contribution in [3.05, 3.63) is 65.0 Å². The number of aromatic nitrogens is 1. The van der Waals surface area contributed by atoms with Crippen LogP contribution in [0, 0.1) is 0 Å². The van der Waals surface area contributed by atoms with Gasteiger partial charge in [-0.15, -0.1) is 0 Å². The van der Waals surface area contributed by atoms with E-state index in [2.05, 4.69) is 17.4 Å². The Bertz CT molecular complexity index is 1170. The molecule has 8 heteroatoms. The van der Waals surface area contributed by atoms with Crippen molar-refractivity contribution in [3.63, 3.8) is 0 Å². The molecule has 204 valence electrons. The van der Waals surface area contributed by atoms with Gasteiger partial charge in [-0.25, -0.2) is 0 Å². The molecule has 3 heterocycles. The largest absolute Gasteiger partial charge is 0.471 e. The highest BCUT2D eigenvalue weighted by molar-refractivity contribution is 5.82. The lowest BCUT2D eigenvalue weighted by Gasteiger charge is -2.47. The van der Waals surface area contributed by atoms with Gasteiger partial charge in [-0.3, -0.25) is 9.78 Å². The highest BCUT2D eigenvalue weighted by Gasteiger charge is 2.49. The first-order valence-corrected chi connectivity index (χ1v) is 14.1. The quantitative estimate of drug-likeness (QED) is 0.523. The normalized spacial score (nSPS) is 28.3. The van der Waals surface area contributed by atoms with Crippen LogP contribution in [0.1, 0.15) is 92.3 Å². The highest BCUT2D eigenvalue weighted by Crippen LogP contribution is 2.50. The number of pyridine rings is 1. The molecule has 0 bridgehead atoms. The third kappa shape index (κ3) is 4.64. The van der Waals surface area contributed by atoms with Gasteiger partial charge in [0, 0.05) is 36.5 Å². The lowest BCUT2D eigenvalue weighted by atomic mass is 9.68. The molecule has 2 aliphatic heterocycles. The number of carbonyl (C=O) groups excluding carboxylic acids is 1. The Hall–Kier alpha value is -2.45. The Balaban J connectivity index is 1.21. The fourth-order valence-electron chi connectivity index (χ4n) is 7.79. The van der Waals surface area contributed by atoms with Crippen molar-refractivity contribution in [1.82, 2.24) is 15.2 Å². The summed E-state index contributed by atoms with van der Waals surface area (Å²) in [7, 11) is 0. The number of halogens is 3. The van der Waals surface area contributed by atoms with Crippen molar-refractivity contribution in [2.45, 2.75) is 93.5 Å². The molecule has 5 nitrogen and oxygen atoms in total. The molecule has 38 heavy (non-hydrogen) atoms. The van der Waals surface area contributed by atoms with Gasteiger partial charge in [-0.05, 0) is 86.7 Å². The molecule has 1 spiro atoms. The van der Waals surface area contributed by atoms with Crippen molar-refractivity contribution in [1.29, 1.82) is 0 Å². The van der Waals surface area contributed by atoms with Crippen molar-refractivity contribution < 1.29 is 22.7 Å². The number of nitrogens with zero attached hydrogens (tertiary/aromatic N) is 2. The predicted octanol–water partition coefficient (Wildman–Crippen LogP) is 5.95. The van der Waals surface area contributed by atoms with Crippen molar-refractivity contribution >= 4 is 5.91 Å². The summed E-state index contributed by atoms with van der Waals surface area (Å²) < 4.78 is 46.4. The van der Waals surface area contributed by atoms with Crippen molar-refractivity contribution in [2.24, 2.45) is 0 Å². The van der Waals surface area contributed by atoms with E-state index in [0.29, 0.717) is 19.3 Å². The molecular weight excluding hydrogens is 491 g/mol. The van der Waals surface area contributed by atoms with Gasteiger partial charge in [0.2, 0.25) is 0 Å². The number of ether oxygens (including phenoxy) is 1. The number of amides is 1. The van der Waals surface area contributed by atoms with Gasteiger partial charge in [-0.2, -0.15) is 13.2 Å². The number of nitrogens with one attached hydrogen (secondary N) is 1. The van der Waals surface area contributed by atoms with Crippen molar-refractivity contribution in [3.8, 4) is 0 Å². The van der Waals surface area contributed by atoms with Crippen LogP contribution in [0.25, 0.3) is 0 Å². The fraction of sp³-hybridized carbons (Fsp3) is 0.600. The van der Waals surface area contributed by atoms with E-state index in [1.165, 1.54) is 12.8 Å². The van der Waals surface area contributed by atoms with E-state index < -0.39 is 18.1 Å². The third-order valence-electron chi connectivity index (χ3n) is 9.54. The van der Waals surface area contributed by atoms with E-state index in [4.69, 9.17) is 9.72 Å². The second-order valence-electron chi connectivity index (χ2n) is 11.7. The zero-order valence-corrected chi connectivity index (χ0v) is 21.7. The zero-order valence-electron chi connectivity index (χ0n) is 21.7. The maximum Gasteiger partial charge on any atom is 0.471 e. The van der Waals surface area contributed by atoms with E-state index in [1.807, 2.05) is 30.5 Å². The SMILES string of the molecule is O=C(N1CCc2cccc3c2C1CCC3NCC[C@@]1(c2ccccn2)CCOC2(CCCC2)C1)C(F)(F)F. The molecule has 1 aromatic heterocycles. The van der Waals surface area contributed by atoms with Crippen LogP contribution in [-0.4, -0.2) is 47.3 Å². The minimum Gasteiger partial charge on any atom is -0.375 e. The molecule has 2 aliphatic carbocycles. The third-order valence-corrected chi connectivity index (χ3v) is 9.54. The summed E-state index contributed by atoms with van der Waals surface area (Å²) in [4.78, 5) is 18.1. The molecular formula is C30H36F3N3O2. The van der Waals surface area contributed by atoms with Gasteiger partial charge in [-0.1, -0.05) is 37.1 Å². The summed E-state index contributed by atoms with van der Waals surface area (Å²) >= 11 is 0. The van der Waals surface area contributed by atoms with E-state index in [9.17, 15) is 18.0 Å². The summed E-state index contributed by atoms with van der Waals surface area (Å²) in [5.41, 5.74) is 4.09. The molecule has 1 N–H and O–H groups in total. The van der Waals surface area contributed by atoms with Crippen LogP contribution >= 0.6 is 0 Å². The van der Waals surface area contributed by atoms with Crippen LogP contribution in [0.2, 0.25) is 0 Å². The zero-order chi connectivity index (χ0) is 26.4. The molecule has 2 aromatic rings. The first-order chi connectivity index (χ1) is 18.3. The average molecular weight is 528 g/mol. The maximum atomic E-state index is 13.3. The smallest absolute Gasteiger partial charge is 0.375 e. The Morgan fingerprint density at radius 3 is 2.71 bits per heavy atom. The number of benzene rings is 1. The molecule has 1 amide bonds. The second kappa shape index (κ2) is 9.94. The molecule has 4 aliphatic rings. The molecule has 2 unspecified atom stereocenters. The van der Waals surface area contributed by atoms with Gasteiger partial charge in [0.15, 0.2) is 0 Å². The first kappa shape index (κ1) is 25.8.